The summed E-state index contributed by atoms with van der Waals surface area (Å²) in [7, 11) is -0.362. The third kappa shape index (κ3) is 4.32. The molecule has 1 N–H and O–H groups in total. The summed E-state index contributed by atoms with van der Waals surface area (Å²) in [6.07, 6.45) is 2.58. The Morgan fingerprint density at radius 1 is 1.19 bits per heavy atom. The monoisotopic (exact) mass is 373 g/mol. The third-order valence-corrected chi connectivity index (χ3v) is 5.70. The van der Waals surface area contributed by atoms with Crippen molar-refractivity contribution in [2.45, 2.75) is 90.6 Å². The van der Waals surface area contributed by atoms with Crippen LogP contribution in [-0.2, 0) is 20.5 Å². The number of hydrogen-bond acceptors (Lipinski definition) is 4. The molecule has 1 aromatic carbocycles. The van der Waals surface area contributed by atoms with Gasteiger partial charge in [0.2, 0.25) is 0 Å². The first-order chi connectivity index (χ1) is 12.4. The average molecular weight is 373 g/mol. The zero-order valence-electron chi connectivity index (χ0n) is 17.6. The zero-order valence-corrected chi connectivity index (χ0v) is 17.6. The van der Waals surface area contributed by atoms with Crippen LogP contribution in [-0.4, -0.2) is 30.0 Å². The van der Waals surface area contributed by atoms with Gasteiger partial charge in [0.05, 0.1) is 17.2 Å². The van der Waals surface area contributed by atoms with Gasteiger partial charge in [-0.25, -0.2) is 4.79 Å². The summed E-state index contributed by atoms with van der Waals surface area (Å²) in [5, 5.41) is 3.02. The molecular weight excluding hydrogens is 341 g/mol. The summed E-state index contributed by atoms with van der Waals surface area (Å²) >= 11 is 0. The first kappa shape index (κ1) is 20.2. The molecule has 3 rings (SSSR count). The van der Waals surface area contributed by atoms with E-state index in [0.717, 1.165) is 30.3 Å². The molecule has 148 valence electrons. The molecule has 0 unspecified atom stereocenters. The van der Waals surface area contributed by atoms with Gasteiger partial charge in [0.15, 0.2) is 0 Å². The van der Waals surface area contributed by atoms with E-state index in [1.54, 1.807) is 0 Å². The highest BCUT2D eigenvalue weighted by Crippen LogP contribution is 2.37. The van der Waals surface area contributed by atoms with E-state index in [-0.39, 0.29) is 30.5 Å². The molecule has 0 radical (unpaired) electrons. The average Bonchev–Trinajstić information content (AvgIpc) is 2.73. The first-order valence-electron chi connectivity index (χ1n) is 9.86. The molecule has 0 aromatic heterocycles. The Bertz CT molecular complexity index is 707. The minimum absolute atomic E-state index is 0.0176. The number of fused-ring (bicyclic) bond motifs is 1. The van der Waals surface area contributed by atoms with Gasteiger partial charge in [-0.05, 0) is 84.3 Å². The van der Waals surface area contributed by atoms with E-state index in [1.807, 2.05) is 20.8 Å². The summed E-state index contributed by atoms with van der Waals surface area (Å²) < 4.78 is 17.8. The van der Waals surface area contributed by atoms with E-state index < -0.39 is 5.60 Å². The van der Waals surface area contributed by atoms with Crippen LogP contribution in [0.1, 0.15) is 78.5 Å². The molecule has 27 heavy (non-hydrogen) atoms. The largest absolute Gasteiger partial charge is 0.494 e. The number of rotatable bonds is 2. The smallest absolute Gasteiger partial charge is 0.444 e. The molecule has 1 heterocycles. The lowest BCUT2D eigenvalue weighted by Crippen LogP contribution is -2.41. The first-order valence-corrected chi connectivity index (χ1v) is 9.86. The summed E-state index contributed by atoms with van der Waals surface area (Å²) in [6.45, 7) is 13.9. The minimum Gasteiger partial charge on any atom is -0.444 e. The molecule has 6 heteroatoms. The van der Waals surface area contributed by atoms with Crippen LogP contribution in [0, 0.1) is 0 Å². The topological polar surface area (TPSA) is 56.8 Å². The van der Waals surface area contributed by atoms with E-state index in [4.69, 9.17) is 14.0 Å². The molecule has 1 atom stereocenters. The van der Waals surface area contributed by atoms with Crippen LogP contribution in [0.25, 0.3) is 0 Å². The van der Waals surface area contributed by atoms with Gasteiger partial charge in [-0.1, -0.05) is 18.2 Å². The highest BCUT2D eigenvalue weighted by Gasteiger charge is 2.51. The van der Waals surface area contributed by atoms with Crippen LogP contribution in [0.4, 0.5) is 4.79 Å². The standard InChI is InChI=1S/C21H32BNO4/c1-19(2,3)25-18(24)23-17-10-8-9-14-13-15(11-12-16(14)17)22-26-20(4,5)21(6,7)27-22/h11-13,17H,8-10H2,1-7H3,(H,23,24)/t17-/m1/s1. The Labute approximate surface area is 163 Å². The van der Waals surface area contributed by atoms with E-state index >= 15 is 0 Å². The Morgan fingerprint density at radius 3 is 2.41 bits per heavy atom. The highest BCUT2D eigenvalue weighted by molar-refractivity contribution is 6.62. The van der Waals surface area contributed by atoms with Crippen LogP contribution in [0.3, 0.4) is 0 Å². The number of amides is 1. The quantitative estimate of drug-likeness (QED) is 0.800. The van der Waals surface area contributed by atoms with Gasteiger partial charge in [-0.2, -0.15) is 0 Å². The van der Waals surface area contributed by atoms with Crippen molar-refractivity contribution < 1.29 is 18.8 Å². The molecule has 1 aliphatic carbocycles. The van der Waals surface area contributed by atoms with Crippen LogP contribution >= 0.6 is 0 Å². The fourth-order valence-electron chi connectivity index (χ4n) is 3.56. The summed E-state index contributed by atoms with van der Waals surface area (Å²) in [4.78, 5) is 12.2. The number of carbonyl (C=O) groups excluding carboxylic acids is 1. The maximum Gasteiger partial charge on any atom is 0.494 e. The number of hydrogen-bond donors (Lipinski definition) is 1. The summed E-state index contributed by atoms with van der Waals surface area (Å²) in [5.41, 5.74) is 2.23. The normalized spacial score (nSPS) is 23.7. The van der Waals surface area contributed by atoms with Crippen molar-refractivity contribution in [3.63, 3.8) is 0 Å². The molecule has 1 fully saturated rings. The predicted molar refractivity (Wildman–Crippen MR) is 107 cm³/mol. The van der Waals surface area contributed by atoms with Crippen molar-refractivity contribution >= 4 is 18.7 Å². The lowest BCUT2D eigenvalue weighted by Gasteiger charge is -2.32. The third-order valence-electron chi connectivity index (χ3n) is 5.70. The predicted octanol–water partition coefficient (Wildman–Crippen LogP) is 3.89. The van der Waals surface area contributed by atoms with Crippen molar-refractivity contribution in [2.75, 3.05) is 0 Å². The van der Waals surface area contributed by atoms with E-state index in [9.17, 15) is 4.79 Å². The minimum atomic E-state index is -0.498. The number of alkyl carbamates (subject to hydrolysis) is 1. The van der Waals surface area contributed by atoms with E-state index in [0.29, 0.717) is 0 Å². The number of ether oxygens (including phenoxy) is 1. The maximum atomic E-state index is 12.2. The van der Waals surface area contributed by atoms with Gasteiger partial charge in [0, 0.05) is 0 Å². The van der Waals surface area contributed by atoms with Gasteiger partial charge < -0.3 is 19.4 Å². The van der Waals surface area contributed by atoms with Crippen molar-refractivity contribution in [2.24, 2.45) is 0 Å². The molecule has 1 amide bonds. The molecule has 1 saturated heterocycles. The molecule has 2 aliphatic rings. The van der Waals surface area contributed by atoms with Crippen molar-refractivity contribution in [3.8, 4) is 0 Å². The van der Waals surface area contributed by atoms with Gasteiger partial charge in [-0.15, -0.1) is 0 Å². The number of nitrogens with one attached hydrogen (secondary N) is 1. The van der Waals surface area contributed by atoms with Gasteiger partial charge in [0.25, 0.3) is 0 Å². The number of carbonyl (C=O) groups is 1. The summed E-state index contributed by atoms with van der Waals surface area (Å²) in [5.74, 6) is 0. The highest BCUT2D eigenvalue weighted by atomic mass is 16.7. The zero-order chi connectivity index (χ0) is 20.0. The fourth-order valence-corrected chi connectivity index (χ4v) is 3.56. The second kappa shape index (κ2) is 6.82. The fraction of sp³-hybridized carbons (Fsp3) is 0.667. The number of benzene rings is 1. The Hall–Kier alpha value is -1.53. The lowest BCUT2D eigenvalue weighted by atomic mass is 9.75. The van der Waals surface area contributed by atoms with Gasteiger partial charge in [0.1, 0.15) is 5.60 Å². The number of aryl methyl sites for hydroxylation is 1. The molecule has 0 bridgehead atoms. The maximum absolute atomic E-state index is 12.2. The second-order valence-electron chi connectivity index (χ2n) is 9.64. The molecule has 1 aliphatic heterocycles. The lowest BCUT2D eigenvalue weighted by molar-refractivity contribution is 0.00578. The van der Waals surface area contributed by atoms with Crippen LogP contribution in [0.5, 0.6) is 0 Å². The molecule has 0 saturated carbocycles. The van der Waals surface area contributed by atoms with Crippen LogP contribution in [0.2, 0.25) is 0 Å². The van der Waals surface area contributed by atoms with Crippen molar-refractivity contribution in [1.82, 2.24) is 5.32 Å². The van der Waals surface area contributed by atoms with Crippen molar-refractivity contribution in [3.05, 3.63) is 29.3 Å². The Morgan fingerprint density at radius 2 is 1.81 bits per heavy atom. The Balaban J connectivity index is 1.77. The van der Waals surface area contributed by atoms with E-state index in [2.05, 4.69) is 51.2 Å². The van der Waals surface area contributed by atoms with Crippen LogP contribution in [0.15, 0.2) is 18.2 Å². The molecular formula is C21H32BNO4. The molecule has 0 spiro atoms. The van der Waals surface area contributed by atoms with Crippen molar-refractivity contribution in [1.29, 1.82) is 0 Å². The summed E-state index contributed by atoms with van der Waals surface area (Å²) in [6, 6.07) is 6.30. The SMILES string of the molecule is CC(C)(C)OC(=O)N[C@@H]1CCCc2cc(B3OC(C)(C)C(C)(C)O3)ccc21. The van der Waals surface area contributed by atoms with Crippen LogP contribution < -0.4 is 10.8 Å². The van der Waals surface area contributed by atoms with E-state index in [1.165, 1.54) is 5.56 Å². The molecule has 5 nitrogen and oxygen atoms in total. The van der Waals surface area contributed by atoms with Gasteiger partial charge >= 0.3 is 13.2 Å². The Kier molecular flexibility index (Phi) is 5.11. The second-order valence-corrected chi connectivity index (χ2v) is 9.64. The molecule has 1 aromatic rings. The van der Waals surface area contributed by atoms with Gasteiger partial charge in [-0.3, -0.25) is 0 Å².